The van der Waals surface area contributed by atoms with Crippen molar-refractivity contribution in [3.8, 4) is 11.3 Å². The van der Waals surface area contributed by atoms with Gasteiger partial charge in [0.1, 0.15) is 5.82 Å². The Bertz CT molecular complexity index is 922. The largest absolute Gasteiger partial charge is 0.418 e. The first-order chi connectivity index (χ1) is 12.3. The number of benzene rings is 2. The van der Waals surface area contributed by atoms with E-state index in [-0.39, 0.29) is 16.6 Å². The summed E-state index contributed by atoms with van der Waals surface area (Å²) in [5, 5.41) is 6.40. The molecule has 0 spiro atoms. The molecule has 2 N–H and O–H groups in total. The van der Waals surface area contributed by atoms with Gasteiger partial charge in [-0.25, -0.2) is 14.2 Å². The average molecular weight is 381 g/mol. The summed E-state index contributed by atoms with van der Waals surface area (Å²) in [7, 11) is 0. The van der Waals surface area contributed by atoms with Crippen molar-refractivity contribution in [3.05, 3.63) is 65.3 Å². The van der Waals surface area contributed by atoms with Gasteiger partial charge in [-0.2, -0.15) is 13.2 Å². The number of carbonyl (C=O) groups excluding carboxylic acids is 1. The number of hydrogen-bond donors (Lipinski definition) is 2. The van der Waals surface area contributed by atoms with Crippen molar-refractivity contribution in [3.63, 3.8) is 0 Å². The van der Waals surface area contributed by atoms with Crippen LogP contribution < -0.4 is 10.6 Å². The second-order valence-electron chi connectivity index (χ2n) is 5.17. The molecule has 26 heavy (non-hydrogen) atoms. The van der Waals surface area contributed by atoms with Crippen LogP contribution in [0, 0.1) is 5.82 Å². The molecule has 0 unspecified atom stereocenters. The summed E-state index contributed by atoms with van der Waals surface area (Å²) in [5.41, 5.74) is -0.131. The average Bonchev–Trinajstić information content (AvgIpc) is 3.03. The molecule has 0 radical (unpaired) electrons. The number of halogens is 4. The van der Waals surface area contributed by atoms with Gasteiger partial charge in [-0.3, -0.25) is 5.32 Å². The Hall–Kier alpha value is -2.94. The van der Waals surface area contributed by atoms with Gasteiger partial charge in [-0.1, -0.05) is 12.1 Å². The highest BCUT2D eigenvalue weighted by atomic mass is 32.1. The molecule has 1 heterocycles. The monoisotopic (exact) mass is 381 g/mol. The van der Waals surface area contributed by atoms with Gasteiger partial charge in [0.25, 0.3) is 0 Å². The summed E-state index contributed by atoms with van der Waals surface area (Å²) in [4.78, 5) is 16.1. The number of rotatable bonds is 3. The number of alkyl halides is 3. The Morgan fingerprint density at radius 3 is 2.38 bits per heavy atom. The Kier molecular flexibility index (Phi) is 4.90. The normalized spacial score (nSPS) is 11.2. The van der Waals surface area contributed by atoms with Crippen LogP contribution in [0.1, 0.15) is 5.56 Å². The highest BCUT2D eigenvalue weighted by molar-refractivity contribution is 7.14. The smallest absolute Gasteiger partial charge is 0.307 e. The van der Waals surface area contributed by atoms with E-state index in [0.29, 0.717) is 11.3 Å². The van der Waals surface area contributed by atoms with Gasteiger partial charge < -0.3 is 5.32 Å². The molecular weight excluding hydrogens is 370 g/mol. The maximum atomic E-state index is 12.9. The lowest BCUT2D eigenvalue weighted by Gasteiger charge is -2.13. The molecular formula is C17H11F4N3OS. The molecule has 0 aliphatic carbocycles. The molecule has 0 saturated heterocycles. The molecule has 2 amide bonds. The third-order valence-corrected chi connectivity index (χ3v) is 4.10. The van der Waals surface area contributed by atoms with Gasteiger partial charge in [0.15, 0.2) is 5.13 Å². The van der Waals surface area contributed by atoms with Gasteiger partial charge in [0, 0.05) is 10.9 Å². The summed E-state index contributed by atoms with van der Waals surface area (Å²) in [6.45, 7) is 0. The maximum Gasteiger partial charge on any atom is 0.418 e. The minimum absolute atomic E-state index is 0.200. The van der Waals surface area contributed by atoms with Crippen LogP contribution in [0.4, 0.5) is 33.2 Å². The molecule has 0 atom stereocenters. The summed E-state index contributed by atoms with van der Waals surface area (Å²) < 4.78 is 51.7. The number of nitrogens with one attached hydrogen (secondary N) is 2. The first kappa shape index (κ1) is 17.9. The molecule has 9 heteroatoms. The molecule has 0 fully saturated rings. The first-order valence-electron chi connectivity index (χ1n) is 7.28. The summed E-state index contributed by atoms with van der Waals surface area (Å²) in [6.07, 6.45) is -4.58. The molecule has 3 rings (SSSR count). The van der Waals surface area contributed by atoms with Crippen LogP contribution in [-0.4, -0.2) is 11.0 Å². The van der Waals surface area contributed by atoms with E-state index in [1.165, 1.54) is 36.4 Å². The van der Waals surface area contributed by atoms with Crippen molar-refractivity contribution in [2.24, 2.45) is 0 Å². The van der Waals surface area contributed by atoms with Crippen molar-refractivity contribution < 1.29 is 22.4 Å². The molecule has 0 aliphatic heterocycles. The van der Waals surface area contributed by atoms with Crippen LogP contribution in [0.25, 0.3) is 11.3 Å². The first-order valence-corrected chi connectivity index (χ1v) is 8.16. The fraction of sp³-hybridized carbons (Fsp3) is 0.0588. The lowest BCUT2D eigenvalue weighted by molar-refractivity contribution is -0.136. The van der Waals surface area contributed by atoms with Crippen molar-refractivity contribution in [2.45, 2.75) is 6.18 Å². The van der Waals surface area contributed by atoms with Crippen molar-refractivity contribution in [1.29, 1.82) is 0 Å². The zero-order chi connectivity index (χ0) is 18.7. The fourth-order valence-electron chi connectivity index (χ4n) is 2.17. The number of amides is 2. The molecule has 3 aromatic rings. The van der Waals surface area contributed by atoms with E-state index in [1.807, 2.05) is 0 Å². The molecule has 134 valence electrons. The summed E-state index contributed by atoms with van der Waals surface area (Å²) in [6, 6.07) is 9.46. The van der Waals surface area contributed by atoms with E-state index in [1.54, 1.807) is 5.38 Å². The SMILES string of the molecule is O=C(Nc1nc(-c2ccc(F)cc2)cs1)Nc1ccccc1C(F)(F)F. The molecule has 1 aromatic heterocycles. The zero-order valence-corrected chi connectivity index (χ0v) is 13.8. The number of carbonyl (C=O) groups is 1. The highest BCUT2D eigenvalue weighted by Gasteiger charge is 2.33. The molecule has 4 nitrogen and oxygen atoms in total. The van der Waals surface area contributed by atoms with Crippen LogP contribution in [0.5, 0.6) is 0 Å². The zero-order valence-electron chi connectivity index (χ0n) is 13.0. The predicted octanol–water partition coefficient (Wildman–Crippen LogP) is 5.61. The van der Waals surface area contributed by atoms with Crippen LogP contribution in [-0.2, 0) is 6.18 Å². The third kappa shape index (κ3) is 4.17. The minimum atomic E-state index is -4.58. The van der Waals surface area contributed by atoms with E-state index < -0.39 is 17.8 Å². The van der Waals surface area contributed by atoms with E-state index in [2.05, 4.69) is 15.6 Å². The van der Waals surface area contributed by atoms with Crippen LogP contribution >= 0.6 is 11.3 Å². The third-order valence-electron chi connectivity index (χ3n) is 3.35. The molecule has 0 aliphatic rings. The summed E-state index contributed by atoms with van der Waals surface area (Å²) in [5.74, 6) is -0.384. The van der Waals surface area contributed by atoms with Crippen molar-refractivity contribution in [2.75, 3.05) is 10.6 Å². The van der Waals surface area contributed by atoms with Crippen LogP contribution in [0.15, 0.2) is 53.9 Å². The van der Waals surface area contributed by atoms with Gasteiger partial charge in [0.2, 0.25) is 0 Å². The van der Waals surface area contributed by atoms with Crippen LogP contribution in [0.3, 0.4) is 0 Å². The lowest BCUT2D eigenvalue weighted by atomic mass is 10.1. The number of hydrogen-bond acceptors (Lipinski definition) is 3. The Morgan fingerprint density at radius 1 is 1.00 bits per heavy atom. The molecule has 0 saturated carbocycles. The molecule has 0 bridgehead atoms. The van der Waals surface area contributed by atoms with E-state index in [4.69, 9.17) is 0 Å². The van der Waals surface area contributed by atoms with E-state index >= 15 is 0 Å². The summed E-state index contributed by atoms with van der Waals surface area (Å²) >= 11 is 1.10. The maximum absolute atomic E-state index is 12.9. The quantitative estimate of drug-likeness (QED) is 0.579. The second kappa shape index (κ2) is 7.12. The predicted molar refractivity (Wildman–Crippen MR) is 91.6 cm³/mol. The lowest BCUT2D eigenvalue weighted by Crippen LogP contribution is -2.21. The van der Waals surface area contributed by atoms with Crippen molar-refractivity contribution in [1.82, 2.24) is 4.98 Å². The number of anilines is 2. The topological polar surface area (TPSA) is 54.0 Å². The highest BCUT2D eigenvalue weighted by Crippen LogP contribution is 2.34. The van der Waals surface area contributed by atoms with E-state index in [0.717, 1.165) is 23.5 Å². The van der Waals surface area contributed by atoms with E-state index in [9.17, 15) is 22.4 Å². The van der Waals surface area contributed by atoms with Gasteiger partial charge in [-0.15, -0.1) is 11.3 Å². The number of para-hydroxylation sites is 1. The van der Waals surface area contributed by atoms with Gasteiger partial charge >= 0.3 is 12.2 Å². The van der Waals surface area contributed by atoms with Crippen LogP contribution in [0.2, 0.25) is 0 Å². The molecule has 2 aromatic carbocycles. The fourth-order valence-corrected chi connectivity index (χ4v) is 2.89. The Balaban J connectivity index is 1.71. The van der Waals surface area contributed by atoms with Crippen molar-refractivity contribution >= 4 is 28.2 Å². The van der Waals surface area contributed by atoms with Gasteiger partial charge in [-0.05, 0) is 36.4 Å². The number of urea groups is 1. The second-order valence-corrected chi connectivity index (χ2v) is 6.03. The standard InChI is InChI=1S/C17H11F4N3OS/c18-11-7-5-10(6-8-11)14-9-26-16(23-14)24-15(25)22-13-4-2-1-3-12(13)17(19,20)21/h1-9H,(H2,22,23,24,25). The Labute approximate surface area is 149 Å². The van der Waals surface area contributed by atoms with Gasteiger partial charge in [0.05, 0.1) is 16.9 Å². The minimum Gasteiger partial charge on any atom is -0.307 e. The number of thiazole rings is 1. The Morgan fingerprint density at radius 2 is 1.69 bits per heavy atom. The number of aromatic nitrogens is 1. The number of nitrogens with zero attached hydrogens (tertiary/aromatic N) is 1.